The number of rotatable bonds is 6. The first-order valence-electron chi connectivity index (χ1n) is 10.0. The molecule has 166 valence electrons. The van der Waals surface area contributed by atoms with Gasteiger partial charge in [0.1, 0.15) is 22.9 Å². The molecule has 4 aromatic rings. The van der Waals surface area contributed by atoms with E-state index in [-0.39, 0.29) is 6.54 Å². The molecule has 0 atom stereocenters. The predicted octanol–water partition coefficient (Wildman–Crippen LogP) is 2.25. The minimum atomic E-state index is -0.791. The number of nitrogens with zero attached hydrogens (tertiary/aromatic N) is 3. The van der Waals surface area contributed by atoms with Crippen LogP contribution in [0.3, 0.4) is 0 Å². The van der Waals surface area contributed by atoms with Gasteiger partial charge in [-0.25, -0.2) is 10.4 Å². The Hall–Kier alpha value is -4.73. The molecule has 3 heterocycles. The van der Waals surface area contributed by atoms with Gasteiger partial charge >= 0.3 is 11.8 Å². The van der Waals surface area contributed by atoms with Crippen LogP contribution in [0.4, 0.5) is 5.69 Å². The highest BCUT2D eigenvalue weighted by atomic mass is 16.3. The second-order valence-electron chi connectivity index (χ2n) is 6.98. The number of anilines is 1. The van der Waals surface area contributed by atoms with Gasteiger partial charge in [-0.3, -0.25) is 18.8 Å². The summed E-state index contributed by atoms with van der Waals surface area (Å²) in [5, 5.41) is 8.90. The molecule has 0 saturated heterocycles. The summed E-state index contributed by atoms with van der Waals surface area (Å²) in [7, 11) is 0. The largest absolute Gasteiger partial charge is 0.458 e. The molecule has 0 aliphatic carbocycles. The van der Waals surface area contributed by atoms with Crippen LogP contribution in [0.15, 0.2) is 76.4 Å². The van der Waals surface area contributed by atoms with E-state index in [1.54, 1.807) is 60.0 Å². The molecule has 3 amide bonds. The molecule has 0 aliphatic rings. The lowest BCUT2D eigenvalue weighted by atomic mass is 10.3. The third-order valence-electron chi connectivity index (χ3n) is 4.62. The summed E-state index contributed by atoms with van der Waals surface area (Å²) in [6.07, 6.45) is 3.09. The van der Waals surface area contributed by atoms with E-state index in [1.807, 2.05) is 18.2 Å². The number of nitrogens with one attached hydrogen (secondary N) is 3. The van der Waals surface area contributed by atoms with E-state index < -0.39 is 17.7 Å². The minimum absolute atomic E-state index is 0.0161. The first-order valence-corrected chi connectivity index (χ1v) is 10.0. The minimum Gasteiger partial charge on any atom is -0.458 e. The molecular formula is C23H20N6O4. The summed E-state index contributed by atoms with van der Waals surface area (Å²) < 4.78 is 7.22. The van der Waals surface area contributed by atoms with Crippen molar-refractivity contribution in [1.82, 2.24) is 20.1 Å². The molecule has 3 N–H and O–H groups in total. The number of amides is 3. The molecule has 0 saturated carbocycles. The third-order valence-corrected chi connectivity index (χ3v) is 4.62. The normalized spacial score (nSPS) is 10.9. The number of fused-ring (bicyclic) bond motifs is 1. The topological polar surface area (TPSA) is 130 Å². The Balaban J connectivity index is 1.29. The number of carbonyl (C=O) groups excluding carboxylic acids is 3. The van der Waals surface area contributed by atoms with Gasteiger partial charge in [-0.1, -0.05) is 24.3 Å². The van der Waals surface area contributed by atoms with E-state index in [1.165, 1.54) is 6.21 Å². The lowest BCUT2D eigenvalue weighted by Gasteiger charge is -2.05. The van der Waals surface area contributed by atoms with Crippen LogP contribution in [-0.4, -0.2) is 33.3 Å². The van der Waals surface area contributed by atoms with Crippen molar-refractivity contribution >= 4 is 35.3 Å². The van der Waals surface area contributed by atoms with Crippen LogP contribution in [0.25, 0.3) is 5.65 Å². The molecule has 33 heavy (non-hydrogen) atoms. The molecule has 0 radical (unpaired) electrons. The molecule has 0 aliphatic heterocycles. The van der Waals surface area contributed by atoms with Crippen molar-refractivity contribution in [2.75, 3.05) is 5.32 Å². The zero-order chi connectivity index (χ0) is 23.2. The van der Waals surface area contributed by atoms with Gasteiger partial charge in [0, 0.05) is 11.9 Å². The second-order valence-corrected chi connectivity index (χ2v) is 6.98. The SMILES string of the molecule is Cc1nc2ccccn2c1C(=O)N/N=C/c1ccc(CNC(=O)C(=O)Nc2ccccc2)o1. The maximum absolute atomic E-state index is 12.5. The van der Waals surface area contributed by atoms with Crippen molar-refractivity contribution in [1.29, 1.82) is 0 Å². The van der Waals surface area contributed by atoms with Crippen LogP contribution < -0.4 is 16.1 Å². The molecular weight excluding hydrogens is 424 g/mol. The van der Waals surface area contributed by atoms with E-state index in [9.17, 15) is 14.4 Å². The Morgan fingerprint density at radius 2 is 1.82 bits per heavy atom. The van der Waals surface area contributed by atoms with Crippen molar-refractivity contribution in [3.8, 4) is 0 Å². The fourth-order valence-corrected chi connectivity index (χ4v) is 3.11. The molecule has 0 fully saturated rings. The Morgan fingerprint density at radius 3 is 2.64 bits per heavy atom. The number of imidazole rings is 1. The predicted molar refractivity (Wildman–Crippen MR) is 121 cm³/mol. The Bertz CT molecular complexity index is 1340. The quantitative estimate of drug-likeness (QED) is 0.239. The number of aryl methyl sites for hydroxylation is 1. The maximum Gasteiger partial charge on any atom is 0.313 e. The van der Waals surface area contributed by atoms with Gasteiger partial charge in [0.05, 0.1) is 18.5 Å². The zero-order valence-corrected chi connectivity index (χ0v) is 17.6. The molecule has 0 bridgehead atoms. The number of para-hydroxylation sites is 1. The highest BCUT2D eigenvalue weighted by molar-refractivity contribution is 6.39. The van der Waals surface area contributed by atoms with Crippen molar-refractivity contribution in [3.05, 3.63) is 89.8 Å². The summed E-state index contributed by atoms with van der Waals surface area (Å²) in [4.78, 5) is 40.7. The van der Waals surface area contributed by atoms with Gasteiger partial charge in [0.15, 0.2) is 0 Å². The maximum atomic E-state index is 12.5. The molecule has 10 heteroatoms. The zero-order valence-electron chi connectivity index (χ0n) is 17.6. The Labute approximate surface area is 188 Å². The average molecular weight is 444 g/mol. The van der Waals surface area contributed by atoms with Crippen LogP contribution in [0.5, 0.6) is 0 Å². The standard InChI is InChI=1S/C23H20N6O4/c1-15-20(29-12-6-5-9-19(29)26-15)21(30)28-25-14-18-11-10-17(33-18)13-24-22(31)23(32)27-16-7-3-2-4-8-16/h2-12,14H,13H2,1H3,(H,24,31)(H,27,32)(H,28,30)/b25-14+. The smallest absolute Gasteiger partial charge is 0.313 e. The summed E-state index contributed by atoms with van der Waals surface area (Å²) in [6.45, 7) is 1.76. The van der Waals surface area contributed by atoms with Crippen LogP contribution in [0.1, 0.15) is 27.7 Å². The van der Waals surface area contributed by atoms with Gasteiger partial charge < -0.3 is 15.1 Å². The second kappa shape index (κ2) is 9.60. The van der Waals surface area contributed by atoms with Gasteiger partial charge in [-0.15, -0.1) is 0 Å². The first kappa shape index (κ1) is 21.5. The van der Waals surface area contributed by atoms with E-state index in [0.29, 0.717) is 34.2 Å². The van der Waals surface area contributed by atoms with Gasteiger partial charge in [0.2, 0.25) is 0 Å². The van der Waals surface area contributed by atoms with Crippen molar-refractivity contribution in [2.45, 2.75) is 13.5 Å². The van der Waals surface area contributed by atoms with Gasteiger partial charge in [0.25, 0.3) is 5.91 Å². The van der Waals surface area contributed by atoms with E-state index >= 15 is 0 Å². The molecule has 0 unspecified atom stereocenters. The van der Waals surface area contributed by atoms with E-state index in [4.69, 9.17) is 4.42 Å². The first-order chi connectivity index (χ1) is 16.0. The lowest BCUT2D eigenvalue weighted by molar-refractivity contribution is -0.136. The number of carbonyl (C=O) groups is 3. The molecule has 1 aromatic carbocycles. The molecule has 0 spiro atoms. The molecule has 10 nitrogen and oxygen atoms in total. The monoisotopic (exact) mass is 444 g/mol. The van der Waals surface area contributed by atoms with Crippen LogP contribution in [-0.2, 0) is 16.1 Å². The number of hydrogen-bond donors (Lipinski definition) is 3. The fraction of sp³-hybridized carbons (Fsp3) is 0.0870. The number of hydrazone groups is 1. The number of benzene rings is 1. The average Bonchev–Trinajstić information content (AvgIpc) is 3.41. The number of aromatic nitrogens is 2. The summed E-state index contributed by atoms with van der Waals surface area (Å²) >= 11 is 0. The summed E-state index contributed by atoms with van der Waals surface area (Å²) in [6, 6.07) is 17.4. The highest BCUT2D eigenvalue weighted by Gasteiger charge is 2.16. The molecule has 3 aromatic heterocycles. The van der Waals surface area contributed by atoms with Crippen molar-refractivity contribution < 1.29 is 18.8 Å². The van der Waals surface area contributed by atoms with Crippen LogP contribution >= 0.6 is 0 Å². The Kier molecular flexibility index (Phi) is 6.26. The lowest BCUT2D eigenvalue weighted by Crippen LogP contribution is -2.34. The van der Waals surface area contributed by atoms with E-state index in [2.05, 4.69) is 26.1 Å². The van der Waals surface area contributed by atoms with Crippen molar-refractivity contribution in [2.24, 2.45) is 5.10 Å². The fourth-order valence-electron chi connectivity index (χ4n) is 3.11. The number of pyridine rings is 1. The third kappa shape index (κ3) is 5.13. The van der Waals surface area contributed by atoms with E-state index in [0.717, 1.165) is 0 Å². The van der Waals surface area contributed by atoms with Crippen LogP contribution in [0, 0.1) is 6.92 Å². The van der Waals surface area contributed by atoms with Crippen LogP contribution in [0.2, 0.25) is 0 Å². The highest BCUT2D eigenvalue weighted by Crippen LogP contribution is 2.11. The van der Waals surface area contributed by atoms with Gasteiger partial charge in [-0.05, 0) is 43.3 Å². The Morgan fingerprint density at radius 1 is 1.03 bits per heavy atom. The number of furan rings is 1. The number of hydrogen-bond acceptors (Lipinski definition) is 6. The summed E-state index contributed by atoms with van der Waals surface area (Å²) in [5.74, 6) is -1.20. The van der Waals surface area contributed by atoms with Gasteiger partial charge in [-0.2, -0.15) is 5.10 Å². The molecule has 4 rings (SSSR count). The van der Waals surface area contributed by atoms with Crippen molar-refractivity contribution in [3.63, 3.8) is 0 Å². The summed E-state index contributed by atoms with van der Waals surface area (Å²) in [5.41, 5.74) is 4.61.